The van der Waals surface area contributed by atoms with E-state index in [1.54, 1.807) is 0 Å². The molecule has 2 aromatic rings. The lowest BCUT2D eigenvalue weighted by Gasteiger charge is -2.14. The topological polar surface area (TPSA) is 12.0 Å². The number of thiophene rings is 1. The Morgan fingerprint density at radius 3 is 2.60 bits per heavy atom. The summed E-state index contributed by atoms with van der Waals surface area (Å²) in [5.41, 5.74) is 1.26. The number of halogens is 2. The second-order valence-corrected chi connectivity index (χ2v) is 7.63. The molecule has 1 aromatic heterocycles. The van der Waals surface area contributed by atoms with Gasteiger partial charge in [0, 0.05) is 30.3 Å². The molecule has 0 fully saturated rings. The van der Waals surface area contributed by atoms with Gasteiger partial charge in [0.2, 0.25) is 0 Å². The van der Waals surface area contributed by atoms with Gasteiger partial charge in [-0.3, -0.25) is 0 Å². The fourth-order valence-corrected chi connectivity index (χ4v) is 4.74. The van der Waals surface area contributed by atoms with E-state index in [1.807, 2.05) is 11.3 Å². The van der Waals surface area contributed by atoms with E-state index in [-0.39, 0.29) is 0 Å². The molecule has 0 aliphatic heterocycles. The van der Waals surface area contributed by atoms with E-state index < -0.39 is 0 Å². The number of hydrogen-bond acceptors (Lipinski definition) is 2. The van der Waals surface area contributed by atoms with Crippen LogP contribution in [0.3, 0.4) is 0 Å². The Kier molecular flexibility index (Phi) is 6.27. The highest BCUT2D eigenvalue weighted by Crippen LogP contribution is 2.37. The van der Waals surface area contributed by atoms with Crippen molar-refractivity contribution < 1.29 is 0 Å². The third-order valence-electron chi connectivity index (χ3n) is 3.22. The van der Waals surface area contributed by atoms with Crippen molar-refractivity contribution in [3.05, 3.63) is 44.2 Å². The fraction of sp³-hybridized carbons (Fsp3) is 0.375. The average Bonchev–Trinajstić information content (AvgIpc) is 2.89. The summed E-state index contributed by atoms with van der Waals surface area (Å²) in [5.74, 6) is 0. The van der Waals surface area contributed by atoms with Crippen LogP contribution in [0.1, 0.15) is 37.6 Å². The van der Waals surface area contributed by atoms with Crippen molar-refractivity contribution in [2.45, 2.75) is 32.7 Å². The number of rotatable bonds is 6. The molecule has 20 heavy (non-hydrogen) atoms. The van der Waals surface area contributed by atoms with Gasteiger partial charge in [-0.2, -0.15) is 0 Å². The van der Waals surface area contributed by atoms with Gasteiger partial charge < -0.3 is 5.32 Å². The molecule has 1 N–H and O–H groups in total. The fourth-order valence-electron chi connectivity index (χ4n) is 2.14. The van der Waals surface area contributed by atoms with Crippen molar-refractivity contribution in [3.63, 3.8) is 0 Å². The molecule has 0 saturated heterocycles. The van der Waals surface area contributed by atoms with Crippen LogP contribution in [0.25, 0.3) is 10.4 Å². The lowest BCUT2D eigenvalue weighted by Crippen LogP contribution is -2.20. The summed E-state index contributed by atoms with van der Waals surface area (Å²) in [6.45, 7) is 5.52. The Labute approximate surface area is 142 Å². The van der Waals surface area contributed by atoms with Gasteiger partial charge in [-0.25, -0.2) is 0 Å². The van der Waals surface area contributed by atoms with Crippen LogP contribution in [0.5, 0.6) is 0 Å². The second kappa shape index (κ2) is 7.74. The molecule has 0 aliphatic carbocycles. The number of nitrogens with one attached hydrogen (secondary N) is 1. The van der Waals surface area contributed by atoms with Crippen LogP contribution in [-0.4, -0.2) is 6.54 Å². The molecule has 4 heteroatoms. The summed E-state index contributed by atoms with van der Waals surface area (Å²) in [5, 5.41) is 3.62. The Hall–Kier alpha value is -0.160. The van der Waals surface area contributed by atoms with E-state index in [4.69, 9.17) is 0 Å². The first-order chi connectivity index (χ1) is 9.65. The molecule has 1 unspecified atom stereocenters. The minimum absolute atomic E-state index is 0.475. The standard InChI is InChI=1S/C16H19Br2NS/c1-3-9-19-14(4-2)16-8-7-15(20-16)12-6-5-11(17)10-13(12)18/h5-8,10,14,19H,3-4,9H2,1-2H3. The van der Waals surface area contributed by atoms with Crippen LogP contribution < -0.4 is 5.32 Å². The molecule has 1 aromatic carbocycles. The van der Waals surface area contributed by atoms with E-state index >= 15 is 0 Å². The molecule has 0 radical (unpaired) electrons. The Balaban J connectivity index is 2.23. The highest BCUT2D eigenvalue weighted by molar-refractivity contribution is 9.11. The molecule has 1 nitrogen and oxygen atoms in total. The first-order valence-corrected chi connectivity index (χ1v) is 9.34. The van der Waals surface area contributed by atoms with Crippen LogP contribution >= 0.6 is 43.2 Å². The lowest BCUT2D eigenvalue weighted by atomic mass is 10.1. The Morgan fingerprint density at radius 2 is 1.95 bits per heavy atom. The normalized spacial score (nSPS) is 12.6. The zero-order chi connectivity index (χ0) is 14.5. The van der Waals surface area contributed by atoms with E-state index in [0.29, 0.717) is 6.04 Å². The Bertz CT molecular complexity index is 565. The molecule has 0 amide bonds. The van der Waals surface area contributed by atoms with Gasteiger partial charge in [0.1, 0.15) is 0 Å². The molecule has 0 saturated carbocycles. The highest BCUT2D eigenvalue weighted by Gasteiger charge is 2.13. The summed E-state index contributed by atoms with van der Waals surface area (Å²) >= 11 is 9.03. The minimum Gasteiger partial charge on any atom is -0.309 e. The molecule has 0 aliphatic rings. The van der Waals surface area contributed by atoms with Crippen LogP contribution in [0.15, 0.2) is 39.3 Å². The van der Waals surface area contributed by atoms with Gasteiger partial charge >= 0.3 is 0 Å². The van der Waals surface area contributed by atoms with Crippen molar-refractivity contribution in [2.24, 2.45) is 0 Å². The summed E-state index contributed by atoms with van der Waals surface area (Å²) in [6, 6.07) is 11.3. The molecule has 0 spiro atoms. The third-order valence-corrected chi connectivity index (χ3v) is 5.60. The van der Waals surface area contributed by atoms with Crippen molar-refractivity contribution in [1.29, 1.82) is 0 Å². The van der Waals surface area contributed by atoms with Crippen molar-refractivity contribution in [1.82, 2.24) is 5.32 Å². The maximum atomic E-state index is 3.65. The SMILES string of the molecule is CCCNC(CC)c1ccc(-c2ccc(Br)cc2Br)s1. The number of benzene rings is 1. The van der Waals surface area contributed by atoms with Crippen molar-refractivity contribution in [2.75, 3.05) is 6.54 Å². The van der Waals surface area contributed by atoms with Gasteiger partial charge in [-0.15, -0.1) is 11.3 Å². The van der Waals surface area contributed by atoms with Crippen LogP contribution in [-0.2, 0) is 0 Å². The van der Waals surface area contributed by atoms with E-state index in [0.717, 1.165) is 21.9 Å². The lowest BCUT2D eigenvalue weighted by molar-refractivity contribution is 0.525. The quantitative estimate of drug-likeness (QED) is 0.574. The Morgan fingerprint density at radius 1 is 1.15 bits per heavy atom. The molecule has 0 bridgehead atoms. The van der Waals surface area contributed by atoms with Gasteiger partial charge in [-0.05, 0) is 43.7 Å². The van der Waals surface area contributed by atoms with Gasteiger partial charge in [0.15, 0.2) is 0 Å². The molecular formula is C16H19Br2NS. The molecule has 1 atom stereocenters. The van der Waals surface area contributed by atoms with Crippen LogP contribution in [0, 0.1) is 0 Å². The number of hydrogen-bond donors (Lipinski definition) is 1. The third kappa shape index (κ3) is 3.94. The predicted molar refractivity (Wildman–Crippen MR) is 96.5 cm³/mol. The zero-order valence-electron chi connectivity index (χ0n) is 11.7. The van der Waals surface area contributed by atoms with Crippen LogP contribution in [0.4, 0.5) is 0 Å². The van der Waals surface area contributed by atoms with Gasteiger partial charge in [0.25, 0.3) is 0 Å². The molecule has 108 valence electrons. The average molecular weight is 417 g/mol. The molecular weight excluding hydrogens is 398 g/mol. The molecule has 1 heterocycles. The summed E-state index contributed by atoms with van der Waals surface area (Å²) in [6.07, 6.45) is 2.30. The zero-order valence-corrected chi connectivity index (χ0v) is 15.7. The van der Waals surface area contributed by atoms with Gasteiger partial charge in [0.05, 0.1) is 0 Å². The monoisotopic (exact) mass is 415 g/mol. The van der Waals surface area contributed by atoms with Crippen molar-refractivity contribution in [3.8, 4) is 10.4 Å². The van der Waals surface area contributed by atoms with Gasteiger partial charge in [-0.1, -0.05) is 51.8 Å². The second-order valence-electron chi connectivity index (χ2n) is 4.74. The summed E-state index contributed by atoms with van der Waals surface area (Å²) in [4.78, 5) is 2.74. The van der Waals surface area contributed by atoms with E-state index in [1.165, 1.54) is 21.7 Å². The first kappa shape index (κ1) is 16.2. The highest BCUT2D eigenvalue weighted by atomic mass is 79.9. The molecule has 2 rings (SSSR count). The smallest absolute Gasteiger partial charge is 0.0412 e. The maximum absolute atomic E-state index is 3.65. The predicted octanol–water partition coefficient (Wildman–Crippen LogP) is 6.39. The largest absolute Gasteiger partial charge is 0.309 e. The summed E-state index contributed by atoms with van der Waals surface area (Å²) in [7, 11) is 0. The van der Waals surface area contributed by atoms with E-state index in [9.17, 15) is 0 Å². The first-order valence-electron chi connectivity index (χ1n) is 6.94. The maximum Gasteiger partial charge on any atom is 0.0412 e. The van der Waals surface area contributed by atoms with Crippen molar-refractivity contribution >= 4 is 43.2 Å². The minimum atomic E-state index is 0.475. The van der Waals surface area contributed by atoms with E-state index in [2.05, 4.69) is 81.4 Å². The summed E-state index contributed by atoms with van der Waals surface area (Å²) < 4.78 is 2.23. The van der Waals surface area contributed by atoms with Crippen LogP contribution in [0.2, 0.25) is 0 Å².